The van der Waals surface area contributed by atoms with E-state index in [1.54, 1.807) is 0 Å². The van der Waals surface area contributed by atoms with Gasteiger partial charge in [-0.2, -0.15) is 11.8 Å². The van der Waals surface area contributed by atoms with E-state index in [0.29, 0.717) is 15.8 Å². The molecule has 16 heavy (non-hydrogen) atoms. The molecule has 0 fully saturated rings. The smallest absolute Gasteiger partial charge is 0.130 e. The Hall–Kier alpha value is -0.350. The lowest BCUT2D eigenvalue weighted by molar-refractivity contribution is 0.631. The first-order valence-corrected chi connectivity index (χ1v) is 7.13. The minimum Gasteiger partial charge on any atom is -0.346 e. The van der Waals surface area contributed by atoms with E-state index in [2.05, 4.69) is 37.7 Å². The summed E-state index contributed by atoms with van der Waals surface area (Å²) < 4.78 is 0.703. The Kier molecular flexibility index (Phi) is 5.49. The number of aromatic amines is 1. The molecule has 1 N–H and O–H groups in total. The molecule has 0 saturated carbocycles. The highest BCUT2D eigenvalue weighted by Crippen LogP contribution is 2.15. The maximum Gasteiger partial charge on any atom is 0.130 e. The summed E-state index contributed by atoms with van der Waals surface area (Å²) in [6.07, 6.45) is 1.03. The van der Waals surface area contributed by atoms with Crippen molar-refractivity contribution in [3.05, 3.63) is 22.2 Å². The van der Waals surface area contributed by atoms with Crippen molar-refractivity contribution in [2.45, 2.75) is 45.1 Å². The zero-order valence-electron chi connectivity index (χ0n) is 10.4. The van der Waals surface area contributed by atoms with E-state index in [1.807, 2.05) is 17.8 Å². The maximum absolute atomic E-state index is 5.18. The first-order chi connectivity index (χ1) is 7.47. The van der Waals surface area contributed by atoms with Crippen molar-refractivity contribution in [3.8, 4) is 0 Å². The van der Waals surface area contributed by atoms with E-state index in [0.717, 1.165) is 18.0 Å². The molecular formula is C12H20N2S2. The average Bonchev–Trinajstić information content (AvgIpc) is 2.12. The highest BCUT2D eigenvalue weighted by atomic mass is 32.2. The molecule has 0 aliphatic carbocycles. The number of aromatic nitrogens is 2. The summed E-state index contributed by atoms with van der Waals surface area (Å²) in [5.74, 6) is 2.55. The molecule has 1 heterocycles. The van der Waals surface area contributed by atoms with Gasteiger partial charge in [0.1, 0.15) is 10.5 Å². The molecule has 0 unspecified atom stereocenters. The topological polar surface area (TPSA) is 28.7 Å². The van der Waals surface area contributed by atoms with Gasteiger partial charge in [0.2, 0.25) is 0 Å². The molecule has 0 amide bonds. The third kappa shape index (κ3) is 5.12. The van der Waals surface area contributed by atoms with E-state index in [-0.39, 0.29) is 0 Å². The molecule has 1 aromatic heterocycles. The fourth-order valence-corrected chi connectivity index (χ4v) is 2.31. The number of thioether (sulfide) groups is 1. The monoisotopic (exact) mass is 256 g/mol. The van der Waals surface area contributed by atoms with Gasteiger partial charge in [-0.25, -0.2) is 4.98 Å². The maximum atomic E-state index is 5.18. The number of H-pyrrole nitrogens is 1. The molecule has 1 aromatic rings. The fraction of sp³-hybridized carbons (Fsp3) is 0.667. The summed E-state index contributed by atoms with van der Waals surface area (Å²) in [5, 5.41) is 0.623. The predicted molar refractivity (Wildman–Crippen MR) is 74.4 cm³/mol. The Morgan fingerprint density at radius 3 is 2.62 bits per heavy atom. The number of hydrogen-bond acceptors (Lipinski definition) is 3. The highest BCUT2D eigenvalue weighted by molar-refractivity contribution is 7.99. The molecule has 0 aromatic carbocycles. The van der Waals surface area contributed by atoms with Gasteiger partial charge in [-0.3, -0.25) is 0 Å². The molecule has 0 aliphatic heterocycles. The van der Waals surface area contributed by atoms with Crippen molar-refractivity contribution in [2.24, 2.45) is 5.92 Å². The van der Waals surface area contributed by atoms with Crippen molar-refractivity contribution < 1.29 is 0 Å². The van der Waals surface area contributed by atoms with E-state index in [1.165, 1.54) is 5.69 Å². The van der Waals surface area contributed by atoms with Gasteiger partial charge in [-0.15, -0.1) is 0 Å². The SMILES string of the molecule is CC(C)Cc1cc(=S)nc(CSC(C)C)[nH]1. The second-order valence-corrected chi connectivity index (χ2v) is 6.63. The van der Waals surface area contributed by atoms with Crippen LogP contribution in [0.3, 0.4) is 0 Å². The van der Waals surface area contributed by atoms with Crippen LogP contribution in [-0.2, 0) is 12.2 Å². The van der Waals surface area contributed by atoms with Crippen LogP contribution in [0.4, 0.5) is 0 Å². The molecule has 0 spiro atoms. The lowest BCUT2D eigenvalue weighted by Gasteiger charge is -2.09. The first kappa shape index (κ1) is 13.7. The zero-order valence-corrected chi connectivity index (χ0v) is 12.0. The van der Waals surface area contributed by atoms with E-state index < -0.39 is 0 Å². The molecule has 0 aliphatic rings. The average molecular weight is 256 g/mol. The molecule has 90 valence electrons. The Morgan fingerprint density at radius 1 is 1.38 bits per heavy atom. The minimum atomic E-state index is 0.623. The number of rotatable bonds is 5. The van der Waals surface area contributed by atoms with Crippen LogP contribution in [0, 0.1) is 10.6 Å². The summed E-state index contributed by atoms with van der Waals surface area (Å²) in [4.78, 5) is 7.72. The number of nitrogens with zero attached hydrogens (tertiary/aromatic N) is 1. The summed E-state index contributed by atoms with van der Waals surface area (Å²) >= 11 is 7.06. The molecule has 0 bridgehead atoms. The second kappa shape index (κ2) is 6.40. The van der Waals surface area contributed by atoms with E-state index >= 15 is 0 Å². The fourth-order valence-electron chi connectivity index (χ4n) is 1.43. The standard InChI is InChI=1S/C12H20N2S2/c1-8(2)5-10-6-12(15)14-11(13-10)7-16-9(3)4/h6,8-9H,5,7H2,1-4H3,(H,13,14,15). The molecule has 0 saturated heterocycles. The zero-order chi connectivity index (χ0) is 12.1. The summed E-state index contributed by atoms with van der Waals surface area (Å²) in [6.45, 7) is 8.80. The summed E-state index contributed by atoms with van der Waals surface area (Å²) in [7, 11) is 0. The van der Waals surface area contributed by atoms with Crippen LogP contribution >= 0.6 is 24.0 Å². The van der Waals surface area contributed by atoms with Gasteiger partial charge < -0.3 is 4.98 Å². The van der Waals surface area contributed by atoms with Gasteiger partial charge >= 0.3 is 0 Å². The minimum absolute atomic E-state index is 0.623. The molecular weight excluding hydrogens is 236 g/mol. The van der Waals surface area contributed by atoms with Gasteiger partial charge in [0.15, 0.2) is 0 Å². The lowest BCUT2D eigenvalue weighted by Crippen LogP contribution is -2.03. The van der Waals surface area contributed by atoms with Crippen molar-refractivity contribution in [1.82, 2.24) is 9.97 Å². The largest absolute Gasteiger partial charge is 0.346 e. The van der Waals surface area contributed by atoms with Gasteiger partial charge in [0.05, 0.1) is 5.75 Å². The van der Waals surface area contributed by atoms with Gasteiger partial charge in [-0.05, 0) is 23.7 Å². The quantitative estimate of drug-likeness (QED) is 0.808. The Morgan fingerprint density at radius 2 is 2.06 bits per heavy atom. The summed E-state index contributed by atoms with van der Waals surface area (Å²) in [6, 6.07) is 1.97. The van der Waals surface area contributed by atoms with E-state index in [4.69, 9.17) is 12.2 Å². The van der Waals surface area contributed by atoms with E-state index in [9.17, 15) is 0 Å². The van der Waals surface area contributed by atoms with Crippen LogP contribution in [0.5, 0.6) is 0 Å². The molecule has 1 rings (SSSR count). The Balaban J connectivity index is 2.77. The van der Waals surface area contributed by atoms with Crippen LogP contribution in [0.2, 0.25) is 0 Å². The van der Waals surface area contributed by atoms with Crippen LogP contribution < -0.4 is 0 Å². The number of hydrogen-bond donors (Lipinski definition) is 1. The van der Waals surface area contributed by atoms with Gasteiger partial charge in [-0.1, -0.05) is 39.9 Å². The molecule has 4 heteroatoms. The summed E-state index contributed by atoms with van der Waals surface area (Å²) in [5.41, 5.74) is 1.20. The third-order valence-corrected chi connectivity index (χ3v) is 3.35. The highest BCUT2D eigenvalue weighted by Gasteiger charge is 2.03. The lowest BCUT2D eigenvalue weighted by atomic mass is 10.1. The van der Waals surface area contributed by atoms with Crippen LogP contribution in [0.1, 0.15) is 39.2 Å². The normalized spacial score (nSPS) is 11.4. The van der Waals surface area contributed by atoms with Gasteiger partial charge in [0.25, 0.3) is 0 Å². The van der Waals surface area contributed by atoms with Crippen molar-refractivity contribution in [2.75, 3.05) is 0 Å². The second-order valence-electron chi connectivity index (χ2n) is 4.65. The molecule has 0 radical (unpaired) electrons. The molecule has 2 nitrogen and oxygen atoms in total. The Labute approximate surface area is 107 Å². The van der Waals surface area contributed by atoms with Crippen LogP contribution in [0.15, 0.2) is 6.07 Å². The molecule has 0 atom stereocenters. The van der Waals surface area contributed by atoms with Crippen LogP contribution in [-0.4, -0.2) is 15.2 Å². The van der Waals surface area contributed by atoms with Gasteiger partial charge in [0, 0.05) is 5.69 Å². The van der Waals surface area contributed by atoms with Crippen molar-refractivity contribution in [3.63, 3.8) is 0 Å². The van der Waals surface area contributed by atoms with Crippen molar-refractivity contribution in [1.29, 1.82) is 0 Å². The van der Waals surface area contributed by atoms with Crippen LogP contribution in [0.25, 0.3) is 0 Å². The predicted octanol–water partition coefficient (Wildman–Crippen LogP) is 3.98. The van der Waals surface area contributed by atoms with Crippen molar-refractivity contribution >= 4 is 24.0 Å². The number of nitrogens with one attached hydrogen (secondary N) is 1. The Bertz CT molecular complexity index is 383. The third-order valence-electron chi connectivity index (χ3n) is 2.03. The first-order valence-electron chi connectivity index (χ1n) is 5.68.